The highest BCUT2D eigenvalue weighted by Gasteiger charge is 2.23. The standard InChI is InChI=1S/C31H46N6O/c1-24(2)36-20-13-26(14-21-36)32-30-27-23-29(38-3)25(12-6-9-15-35-16-10-11-17-35)22-28(27)33-31(34-30)37-18-7-4-5-8-19-37/h22-24,26H,4-5,7-11,13-21H2,1-3H3,(H,32,33,34). The molecule has 0 radical (unpaired) electrons. The van der Waals surface area contributed by atoms with E-state index in [2.05, 4.69) is 57.8 Å². The van der Waals surface area contributed by atoms with Crippen LogP contribution in [-0.4, -0.2) is 84.8 Å². The Kier molecular flexibility index (Phi) is 9.24. The fraction of sp³-hybridized carbons (Fsp3) is 0.677. The van der Waals surface area contributed by atoms with Gasteiger partial charge in [-0.15, -0.1) is 0 Å². The van der Waals surface area contributed by atoms with E-state index in [0.717, 1.165) is 86.0 Å². The number of methoxy groups -OCH3 is 1. The van der Waals surface area contributed by atoms with Gasteiger partial charge in [0.25, 0.3) is 0 Å². The monoisotopic (exact) mass is 518 g/mol. The fourth-order valence-corrected chi connectivity index (χ4v) is 6.06. The van der Waals surface area contributed by atoms with E-state index in [1.54, 1.807) is 7.11 Å². The van der Waals surface area contributed by atoms with Gasteiger partial charge in [-0.1, -0.05) is 24.7 Å². The largest absolute Gasteiger partial charge is 0.495 e. The first kappa shape index (κ1) is 27.0. The van der Waals surface area contributed by atoms with Crippen LogP contribution in [0.5, 0.6) is 5.75 Å². The number of benzene rings is 1. The van der Waals surface area contributed by atoms with Gasteiger partial charge in [0.2, 0.25) is 5.95 Å². The van der Waals surface area contributed by atoms with Crippen molar-refractivity contribution in [3.05, 3.63) is 17.7 Å². The Hall–Kier alpha value is -2.56. The maximum absolute atomic E-state index is 5.82. The zero-order chi connectivity index (χ0) is 26.3. The first-order valence-corrected chi connectivity index (χ1v) is 15.0. The molecule has 2 aromatic rings. The third kappa shape index (κ3) is 6.71. The highest BCUT2D eigenvalue weighted by atomic mass is 16.5. The van der Waals surface area contributed by atoms with Crippen molar-refractivity contribution in [3.63, 3.8) is 0 Å². The van der Waals surface area contributed by atoms with Crippen LogP contribution < -0.4 is 15.0 Å². The van der Waals surface area contributed by atoms with E-state index in [1.807, 2.05) is 0 Å². The first-order valence-electron chi connectivity index (χ1n) is 15.0. The smallest absolute Gasteiger partial charge is 0.227 e. The van der Waals surface area contributed by atoms with Gasteiger partial charge in [0.1, 0.15) is 11.6 Å². The molecule has 3 saturated heterocycles. The summed E-state index contributed by atoms with van der Waals surface area (Å²) in [6.07, 6.45) is 10.8. The first-order chi connectivity index (χ1) is 18.6. The summed E-state index contributed by atoms with van der Waals surface area (Å²) in [7, 11) is 1.73. The van der Waals surface area contributed by atoms with E-state index in [1.165, 1.54) is 51.6 Å². The van der Waals surface area contributed by atoms with Gasteiger partial charge in [-0.3, -0.25) is 0 Å². The van der Waals surface area contributed by atoms with Crippen LogP contribution in [0.2, 0.25) is 0 Å². The number of aromatic nitrogens is 2. The number of likely N-dealkylation sites (tertiary alicyclic amines) is 2. The topological polar surface area (TPSA) is 56.8 Å². The van der Waals surface area contributed by atoms with E-state index in [0.29, 0.717) is 12.1 Å². The second-order valence-electron chi connectivity index (χ2n) is 11.5. The molecule has 5 rings (SSSR count). The number of rotatable bonds is 7. The van der Waals surface area contributed by atoms with Crippen LogP contribution in [0.4, 0.5) is 11.8 Å². The molecule has 3 aliphatic rings. The molecule has 1 aromatic heterocycles. The second-order valence-corrected chi connectivity index (χ2v) is 11.5. The number of piperidine rings is 1. The van der Waals surface area contributed by atoms with Crippen molar-refractivity contribution in [1.29, 1.82) is 0 Å². The molecule has 0 atom stereocenters. The number of nitrogens with zero attached hydrogens (tertiary/aromatic N) is 5. The van der Waals surface area contributed by atoms with E-state index < -0.39 is 0 Å². The summed E-state index contributed by atoms with van der Waals surface area (Å²) in [6, 6.07) is 5.23. The van der Waals surface area contributed by atoms with Gasteiger partial charge in [-0.2, -0.15) is 4.98 Å². The minimum absolute atomic E-state index is 0.413. The van der Waals surface area contributed by atoms with Crippen LogP contribution >= 0.6 is 0 Å². The predicted molar refractivity (Wildman–Crippen MR) is 157 cm³/mol. The average molecular weight is 519 g/mol. The Morgan fingerprint density at radius 2 is 1.66 bits per heavy atom. The molecule has 0 bridgehead atoms. The number of ether oxygens (including phenoxy) is 1. The van der Waals surface area contributed by atoms with Gasteiger partial charge in [-0.25, -0.2) is 4.98 Å². The lowest BCUT2D eigenvalue weighted by molar-refractivity contribution is 0.177. The third-order valence-corrected chi connectivity index (χ3v) is 8.47. The molecular weight excluding hydrogens is 472 g/mol. The molecule has 38 heavy (non-hydrogen) atoms. The van der Waals surface area contributed by atoms with Crippen LogP contribution in [-0.2, 0) is 0 Å². The highest BCUT2D eigenvalue weighted by molar-refractivity contribution is 5.93. The molecule has 0 saturated carbocycles. The lowest BCUT2D eigenvalue weighted by Gasteiger charge is -2.35. The van der Waals surface area contributed by atoms with E-state index in [-0.39, 0.29) is 0 Å². The van der Waals surface area contributed by atoms with Crippen LogP contribution in [0.3, 0.4) is 0 Å². The van der Waals surface area contributed by atoms with Gasteiger partial charge >= 0.3 is 0 Å². The molecule has 0 amide bonds. The Morgan fingerprint density at radius 1 is 0.947 bits per heavy atom. The fourth-order valence-electron chi connectivity index (χ4n) is 6.06. The van der Waals surface area contributed by atoms with Crippen molar-refractivity contribution in [2.24, 2.45) is 0 Å². The van der Waals surface area contributed by atoms with Crippen molar-refractivity contribution < 1.29 is 4.74 Å². The molecule has 3 fully saturated rings. The molecular formula is C31H46N6O. The van der Waals surface area contributed by atoms with Crippen LogP contribution in [0.1, 0.15) is 77.2 Å². The number of nitrogens with one attached hydrogen (secondary N) is 1. The molecule has 0 aliphatic carbocycles. The Balaban J connectivity index is 1.43. The molecule has 4 heterocycles. The van der Waals surface area contributed by atoms with Crippen LogP contribution in [0.25, 0.3) is 10.9 Å². The van der Waals surface area contributed by atoms with E-state index in [9.17, 15) is 0 Å². The summed E-state index contributed by atoms with van der Waals surface area (Å²) in [5.41, 5.74) is 1.86. The van der Waals surface area contributed by atoms with Gasteiger partial charge in [0, 0.05) is 56.6 Å². The number of hydrogen-bond donors (Lipinski definition) is 1. The summed E-state index contributed by atoms with van der Waals surface area (Å²) < 4.78 is 5.82. The maximum Gasteiger partial charge on any atom is 0.227 e. The van der Waals surface area contributed by atoms with E-state index >= 15 is 0 Å². The lowest BCUT2D eigenvalue weighted by atomic mass is 10.0. The van der Waals surface area contributed by atoms with Crippen molar-refractivity contribution in [3.8, 4) is 17.6 Å². The third-order valence-electron chi connectivity index (χ3n) is 8.47. The summed E-state index contributed by atoms with van der Waals surface area (Å²) in [5.74, 6) is 9.39. The SMILES string of the molecule is COc1cc2c(NC3CCN(C(C)C)CC3)nc(N3CCCCCC3)nc2cc1C#CCCN1CCCC1. The summed E-state index contributed by atoms with van der Waals surface area (Å²) in [4.78, 5) is 17.7. The molecule has 0 unspecified atom stereocenters. The minimum Gasteiger partial charge on any atom is -0.495 e. The number of anilines is 2. The van der Waals surface area contributed by atoms with Crippen LogP contribution in [0, 0.1) is 11.8 Å². The molecule has 3 aliphatic heterocycles. The summed E-state index contributed by atoms with van der Waals surface area (Å²) in [5, 5.41) is 4.85. The lowest BCUT2D eigenvalue weighted by Crippen LogP contribution is -2.42. The molecule has 206 valence electrons. The molecule has 1 N–H and O–H groups in total. The van der Waals surface area contributed by atoms with Gasteiger partial charge in [-0.05, 0) is 77.6 Å². The number of hydrogen-bond acceptors (Lipinski definition) is 7. The van der Waals surface area contributed by atoms with Gasteiger partial charge in [0.05, 0.1) is 18.2 Å². The zero-order valence-corrected chi connectivity index (χ0v) is 23.8. The predicted octanol–water partition coefficient (Wildman–Crippen LogP) is 5.14. The number of fused-ring (bicyclic) bond motifs is 1. The van der Waals surface area contributed by atoms with Crippen molar-refractivity contribution in [1.82, 2.24) is 19.8 Å². The maximum atomic E-state index is 5.82. The Morgan fingerprint density at radius 3 is 2.34 bits per heavy atom. The minimum atomic E-state index is 0.413. The second kappa shape index (κ2) is 13.0. The van der Waals surface area contributed by atoms with Crippen molar-refractivity contribution >= 4 is 22.7 Å². The highest BCUT2D eigenvalue weighted by Crippen LogP contribution is 2.32. The normalized spacial score (nSPS) is 19.9. The molecule has 7 heteroatoms. The van der Waals surface area contributed by atoms with Crippen LogP contribution in [0.15, 0.2) is 12.1 Å². The van der Waals surface area contributed by atoms with Gasteiger partial charge < -0.3 is 24.8 Å². The molecule has 0 spiro atoms. The molecule has 1 aromatic carbocycles. The summed E-state index contributed by atoms with van der Waals surface area (Å²) >= 11 is 0. The average Bonchev–Trinajstić information content (AvgIpc) is 3.30. The zero-order valence-electron chi connectivity index (χ0n) is 23.8. The van der Waals surface area contributed by atoms with Crippen molar-refractivity contribution in [2.45, 2.75) is 83.7 Å². The Bertz CT molecular complexity index is 1120. The Labute approximate surface area is 229 Å². The molecule has 7 nitrogen and oxygen atoms in total. The van der Waals surface area contributed by atoms with Gasteiger partial charge in [0.15, 0.2) is 0 Å². The van der Waals surface area contributed by atoms with Crippen molar-refractivity contribution in [2.75, 3.05) is 63.1 Å². The quantitative estimate of drug-likeness (QED) is 0.509. The summed E-state index contributed by atoms with van der Waals surface area (Å²) in [6.45, 7) is 12.3. The van der Waals surface area contributed by atoms with E-state index in [4.69, 9.17) is 14.7 Å².